The summed E-state index contributed by atoms with van der Waals surface area (Å²) in [6, 6.07) is 0. The molecule has 0 heterocycles. The molecule has 0 aliphatic carbocycles. The van der Waals surface area contributed by atoms with E-state index in [1.165, 1.54) is 109 Å². The standard InChI is InChI=1S/C54H96NO7P/c1-6-8-10-12-14-16-18-20-22-24-25-26-27-28-29-30-31-32-33-35-37-39-41-43-45-47-54(56)62-53(52-61-63(57,58)60-50-48-55(3,4)5)51-59-49-46-44-42-40-38-36-34-23-21-19-17-15-13-11-9-7-2/h9,11,15,17-18,20-21,23-25,36,38,42,44,53H,6-8,10,12-14,16,19,22,26-35,37,39-41,43,45-52H2,1-5H3/b11-9-,17-15-,20-18-,23-21-,25-24-,38-36-,44-42-. The smallest absolute Gasteiger partial charge is 0.306 e. The molecule has 2 unspecified atom stereocenters. The van der Waals surface area contributed by atoms with E-state index in [2.05, 4.69) is 98.9 Å². The maximum Gasteiger partial charge on any atom is 0.306 e. The Labute approximate surface area is 388 Å². The summed E-state index contributed by atoms with van der Waals surface area (Å²) in [5, 5.41) is 0. The Morgan fingerprint density at radius 1 is 0.508 bits per heavy atom. The van der Waals surface area contributed by atoms with Crippen molar-refractivity contribution in [1.29, 1.82) is 0 Å². The van der Waals surface area contributed by atoms with E-state index in [1.807, 2.05) is 21.1 Å². The van der Waals surface area contributed by atoms with Crippen LogP contribution in [-0.2, 0) is 27.9 Å². The number of ether oxygens (including phenoxy) is 2. The van der Waals surface area contributed by atoms with Crippen LogP contribution < -0.4 is 4.89 Å². The van der Waals surface area contributed by atoms with Crippen molar-refractivity contribution >= 4 is 13.8 Å². The van der Waals surface area contributed by atoms with Gasteiger partial charge in [-0.1, -0.05) is 195 Å². The third-order valence-corrected chi connectivity index (χ3v) is 11.4. The number of phosphoric acid groups is 1. The molecule has 63 heavy (non-hydrogen) atoms. The molecule has 2 atom stereocenters. The Morgan fingerprint density at radius 3 is 1.38 bits per heavy atom. The third-order valence-electron chi connectivity index (χ3n) is 10.4. The highest BCUT2D eigenvalue weighted by atomic mass is 31.2. The second-order valence-corrected chi connectivity index (χ2v) is 19.2. The lowest BCUT2D eigenvalue weighted by molar-refractivity contribution is -0.870. The lowest BCUT2D eigenvalue weighted by Gasteiger charge is -2.28. The molecule has 0 fully saturated rings. The van der Waals surface area contributed by atoms with Gasteiger partial charge in [-0.3, -0.25) is 9.36 Å². The molecule has 0 saturated heterocycles. The van der Waals surface area contributed by atoms with E-state index in [9.17, 15) is 14.3 Å². The summed E-state index contributed by atoms with van der Waals surface area (Å²) in [4.78, 5) is 25.1. The van der Waals surface area contributed by atoms with Gasteiger partial charge in [0.1, 0.15) is 19.3 Å². The van der Waals surface area contributed by atoms with Gasteiger partial charge in [-0.25, -0.2) is 0 Å². The molecule has 0 aliphatic rings. The highest BCUT2D eigenvalue weighted by Gasteiger charge is 2.20. The molecule has 0 aromatic carbocycles. The van der Waals surface area contributed by atoms with Gasteiger partial charge in [-0.15, -0.1) is 0 Å². The van der Waals surface area contributed by atoms with Crippen LogP contribution in [0.3, 0.4) is 0 Å². The van der Waals surface area contributed by atoms with E-state index in [0.29, 0.717) is 30.5 Å². The summed E-state index contributed by atoms with van der Waals surface area (Å²) in [7, 11) is 1.30. The number of likely N-dealkylation sites (N-methyl/N-ethyl adjacent to an activating group) is 1. The quantitative estimate of drug-likeness (QED) is 0.0197. The number of hydrogen-bond donors (Lipinski definition) is 0. The molecule has 8 nitrogen and oxygen atoms in total. The number of allylic oxidation sites excluding steroid dienone is 13. The molecule has 0 aromatic heterocycles. The van der Waals surface area contributed by atoms with Crippen LogP contribution in [0, 0.1) is 0 Å². The first-order chi connectivity index (χ1) is 30.6. The van der Waals surface area contributed by atoms with Gasteiger partial charge in [0.15, 0.2) is 0 Å². The van der Waals surface area contributed by atoms with Gasteiger partial charge in [-0.2, -0.15) is 0 Å². The number of carbonyl (C=O) groups excluding carboxylic acids is 1. The van der Waals surface area contributed by atoms with E-state index in [0.717, 1.165) is 57.8 Å². The van der Waals surface area contributed by atoms with Crippen LogP contribution >= 0.6 is 7.82 Å². The zero-order valence-electron chi connectivity index (χ0n) is 41.2. The average molecular weight is 902 g/mol. The zero-order chi connectivity index (χ0) is 46.2. The summed E-state index contributed by atoms with van der Waals surface area (Å²) in [6.07, 6.45) is 62.1. The maximum absolute atomic E-state index is 12.7. The number of esters is 1. The monoisotopic (exact) mass is 902 g/mol. The van der Waals surface area contributed by atoms with E-state index in [-0.39, 0.29) is 25.8 Å². The topological polar surface area (TPSA) is 94.1 Å². The second kappa shape index (κ2) is 46.2. The summed E-state index contributed by atoms with van der Waals surface area (Å²) in [5.41, 5.74) is 0. The highest BCUT2D eigenvalue weighted by molar-refractivity contribution is 7.45. The predicted molar refractivity (Wildman–Crippen MR) is 268 cm³/mol. The first-order valence-electron chi connectivity index (χ1n) is 25.3. The molecule has 0 amide bonds. The molecular weight excluding hydrogens is 806 g/mol. The first kappa shape index (κ1) is 60.7. The van der Waals surface area contributed by atoms with Gasteiger partial charge in [0.05, 0.1) is 41.0 Å². The van der Waals surface area contributed by atoms with E-state index in [4.69, 9.17) is 18.5 Å². The fourth-order valence-corrected chi connectivity index (χ4v) is 7.31. The molecule has 0 aliphatic heterocycles. The lowest BCUT2D eigenvalue weighted by Crippen LogP contribution is -2.37. The van der Waals surface area contributed by atoms with Crippen LogP contribution in [0.15, 0.2) is 85.1 Å². The zero-order valence-corrected chi connectivity index (χ0v) is 42.1. The van der Waals surface area contributed by atoms with Crippen molar-refractivity contribution in [2.45, 2.75) is 200 Å². The summed E-state index contributed by atoms with van der Waals surface area (Å²) in [5.74, 6) is -0.361. The van der Waals surface area contributed by atoms with Crippen molar-refractivity contribution < 1.29 is 37.3 Å². The van der Waals surface area contributed by atoms with Crippen molar-refractivity contribution in [2.75, 3.05) is 54.1 Å². The molecule has 0 radical (unpaired) electrons. The lowest BCUT2D eigenvalue weighted by atomic mass is 10.0. The van der Waals surface area contributed by atoms with Gasteiger partial charge >= 0.3 is 5.97 Å². The normalized spacial score (nSPS) is 14.3. The Kier molecular flexibility index (Phi) is 44.5. The molecule has 0 rings (SSSR count). The highest BCUT2D eigenvalue weighted by Crippen LogP contribution is 2.38. The maximum atomic E-state index is 12.7. The Hall–Kier alpha value is -2.32. The van der Waals surface area contributed by atoms with Gasteiger partial charge in [0, 0.05) is 6.42 Å². The van der Waals surface area contributed by atoms with Gasteiger partial charge in [-0.05, 0) is 77.0 Å². The number of quaternary nitrogens is 1. The van der Waals surface area contributed by atoms with Crippen LogP contribution in [0.2, 0.25) is 0 Å². The molecule has 0 N–H and O–H groups in total. The molecule has 9 heteroatoms. The molecule has 0 aromatic rings. The van der Waals surface area contributed by atoms with Crippen molar-refractivity contribution in [3.63, 3.8) is 0 Å². The molecule has 0 saturated carbocycles. The van der Waals surface area contributed by atoms with Crippen LogP contribution in [0.25, 0.3) is 0 Å². The number of carbonyl (C=O) groups is 1. The Balaban J connectivity index is 4.20. The number of hydrogen-bond acceptors (Lipinski definition) is 7. The molecular formula is C54H96NO7P. The van der Waals surface area contributed by atoms with Crippen LogP contribution in [-0.4, -0.2) is 70.7 Å². The third kappa shape index (κ3) is 50.5. The minimum absolute atomic E-state index is 0.00898. The summed E-state index contributed by atoms with van der Waals surface area (Å²) in [6.45, 7) is 5.05. The minimum atomic E-state index is -4.55. The Morgan fingerprint density at radius 2 is 0.921 bits per heavy atom. The fraction of sp³-hybridized carbons (Fsp3) is 0.722. The van der Waals surface area contributed by atoms with Crippen molar-refractivity contribution in [3.05, 3.63) is 85.1 Å². The summed E-state index contributed by atoms with van der Waals surface area (Å²) >= 11 is 0. The van der Waals surface area contributed by atoms with Gasteiger partial charge in [0.25, 0.3) is 7.82 Å². The van der Waals surface area contributed by atoms with Gasteiger partial charge in [0.2, 0.25) is 0 Å². The minimum Gasteiger partial charge on any atom is -0.756 e. The van der Waals surface area contributed by atoms with E-state index in [1.54, 1.807) is 0 Å². The van der Waals surface area contributed by atoms with E-state index >= 15 is 0 Å². The summed E-state index contributed by atoms with van der Waals surface area (Å²) < 4.78 is 34.6. The second-order valence-electron chi connectivity index (χ2n) is 17.8. The number of nitrogens with zero attached hydrogens (tertiary/aromatic N) is 1. The molecule has 364 valence electrons. The van der Waals surface area contributed by atoms with Crippen LogP contribution in [0.5, 0.6) is 0 Å². The van der Waals surface area contributed by atoms with Crippen molar-refractivity contribution in [3.8, 4) is 0 Å². The van der Waals surface area contributed by atoms with Crippen molar-refractivity contribution in [1.82, 2.24) is 0 Å². The van der Waals surface area contributed by atoms with Crippen LogP contribution in [0.4, 0.5) is 0 Å². The fourth-order valence-electron chi connectivity index (χ4n) is 6.58. The Bertz CT molecular complexity index is 1280. The van der Waals surface area contributed by atoms with Gasteiger partial charge < -0.3 is 27.9 Å². The van der Waals surface area contributed by atoms with Crippen molar-refractivity contribution in [2.24, 2.45) is 0 Å². The first-order valence-corrected chi connectivity index (χ1v) is 26.8. The van der Waals surface area contributed by atoms with Crippen LogP contribution in [0.1, 0.15) is 194 Å². The average Bonchev–Trinajstić information content (AvgIpc) is 3.24. The number of phosphoric ester groups is 1. The molecule has 0 spiro atoms. The molecule has 0 bridgehead atoms. The SMILES string of the molecule is CC/C=C\C/C=C\C/C=C\C/C=C\C/C=C\CCOCC(COP(=O)([O-])OCC[N+](C)(C)C)OC(=O)CCCCCCCCCCCCCCC/C=C\C/C=C\CCCCCCC. The number of unbranched alkanes of at least 4 members (excludes halogenated alkanes) is 18. The number of rotatable bonds is 46. The largest absolute Gasteiger partial charge is 0.756 e. The predicted octanol–water partition coefficient (Wildman–Crippen LogP) is 15.0. The van der Waals surface area contributed by atoms with E-state index < -0.39 is 13.9 Å².